The van der Waals surface area contributed by atoms with Crippen LogP contribution in [0.15, 0.2) is 34.6 Å². The van der Waals surface area contributed by atoms with Gasteiger partial charge in [-0.1, -0.05) is 52.8 Å². The normalized spacial score (nSPS) is 13.7. The van der Waals surface area contributed by atoms with E-state index in [2.05, 4.69) is 15.3 Å². The van der Waals surface area contributed by atoms with E-state index in [1.54, 1.807) is 6.20 Å². The Labute approximate surface area is 140 Å². The summed E-state index contributed by atoms with van der Waals surface area (Å²) in [5.74, 6) is 0.943. The van der Waals surface area contributed by atoms with Crippen molar-refractivity contribution in [2.45, 2.75) is 15.9 Å². The molecule has 1 aliphatic rings. The highest BCUT2D eigenvalue weighted by molar-refractivity contribution is 8.00. The number of benzene rings is 1. The number of nitrogens with zero attached hydrogens (tertiary/aromatic N) is 2. The monoisotopic (exact) mass is 357 g/mol. The van der Waals surface area contributed by atoms with Crippen LogP contribution in [-0.2, 0) is 10.5 Å². The first kappa shape index (κ1) is 15.0. The van der Waals surface area contributed by atoms with Crippen LogP contribution in [0.2, 0.25) is 10.0 Å². The van der Waals surface area contributed by atoms with Gasteiger partial charge in [-0.25, -0.2) is 9.97 Å². The van der Waals surface area contributed by atoms with Crippen LogP contribution in [0.1, 0.15) is 5.56 Å². The average Bonchev–Trinajstić information content (AvgIpc) is 2.47. The molecule has 1 aromatic heterocycles. The molecule has 0 fully saturated rings. The molecule has 0 aliphatic carbocycles. The zero-order valence-electron chi connectivity index (χ0n) is 10.6. The molecule has 0 saturated carbocycles. The van der Waals surface area contributed by atoms with E-state index in [1.807, 2.05) is 18.2 Å². The van der Waals surface area contributed by atoms with E-state index in [1.165, 1.54) is 23.5 Å². The fourth-order valence-corrected chi connectivity index (χ4v) is 4.11. The molecule has 0 unspecified atom stereocenters. The Bertz CT molecular complexity index is 692. The van der Waals surface area contributed by atoms with Gasteiger partial charge < -0.3 is 5.32 Å². The van der Waals surface area contributed by atoms with E-state index >= 15 is 0 Å². The Hall–Kier alpha value is -0.950. The molecule has 1 aliphatic heterocycles. The molecule has 4 nitrogen and oxygen atoms in total. The summed E-state index contributed by atoms with van der Waals surface area (Å²) in [6, 6.07) is 5.43. The second kappa shape index (κ2) is 6.44. The van der Waals surface area contributed by atoms with Gasteiger partial charge in [0.15, 0.2) is 5.16 Å². The third kappa shape index (κ3) is 3.45. The molecule has 3 rings (SSSR count). The number of carbonyl (C=O) groups excluding carboxylic acids is 1. The molecular weight excluding hydrogens is 349 g/mol. The summed E-state index contributed by atoms with van der Waals surface area (Å²) in [6.45, 7) is 0. The van der Waals surface area contributed by atoms with E-state index in [0.29, 0.717) is 32.4 Å². The predicted molar refractivity (Wildman–Crippen MR) is 87.4 cm³/mol. The van der Waals surface area contributed by atoms with E-state index in [-0.39, 0.29) is 5.91 Å². The fraction of sp³-hybridized carbons (Fsp3) is 0.154. The standard InChI is InChI=1S/C13H9Cl2N3OS2/c14-8-2-1-3-9(15)7(8)5-21-13-16-4-10-12(18-13)20-6-11(19)17-10/h1-4H,5-6H2,(H,17,19). The lowest BCUT2D eigenvalue weighted by Gasteiger charge is -2.15. The summed E-state index contributed by atoms with van der Waals surface area (Å²) in [6.07, 6.45) is 1.63. The van der Waals surface area contributed by atoms with E-state index in [4.69, 9.17) is 23.2 Å². The quantitative estimate of drug-likeness (QED) is 0.508. The third-order valence-electron chi connectivity index (χ3n) is 2.75. The Morgan fingerprint density at radius 1 is 1.33 bits per heavy atom. The van der Waals surface area contributed by atoms with Gasteiger partial charge in [0.2, 0.25) is 5.91 Å². The van der Waals surface area contributed by atoms with Gasteiger partial charge in [-0.15, -0.1) is 0 Å². The first-order valence-corrected chi connectivity index (χ1v) is 8.71. The maximum absolute atomic E-state index is 11.3. The van der Waals surface area contributed by atoms with Gasteiger partial charge >= 0.3 is 0 Å². The van der Waals surface area contributed by atoms with E-state index in [0.717, 1.165) is 10.6 Å². The Kier molecular flexibility index (Phi) is 4.59. The van der Waals surface area contributed by atoms with Gasteiger partial charge in [-0.05, 0) is 17.7 Å². The van der Waals surface area contributed by atoms with Crippen LogP contribution in [0.25, 0.3) is 0 Å². The maximum atomic E-state index is 11.3. The number of halogens is 2. The minimum atomic E-state index is -0.0284. The van der Waals surface area contributed by atoms with Crippen molar-refractivity contribution in [2.24, 2.45) is 0 Å². The van der Waals surface area contributed by atoms with Gasteiger partial charge in [0.05, 0.1) is 17.6 Å². The molecule has 21 heavy (non-hydrogen) atoms. The number of hydrogen-bond acceptors (Lipinski definition) is 5. The lowest BCUT2D eigenvalue weighted by atomic mass is 10.2. The zero-order valence-corrected chi connectivity index (χ0v) is 13.7. The Balaban J connectivity index is 1.76. The SMILES string of the molecule is O=C1CSc2nc(SCc3c(Cl)cccc3Cl)ncc2N1. The summed E-state index contributed by atoms with van der Waals surface area (Å²) < 4.78 is 0. The Morgan fingerprint density at radius 3 is 2.86 bits per heavy atom. The Morgan fingerprint density at radius 2 is 2.10 bits per heavy atom. The van der Waals surface area contributed by atoms with Crippen molar-refractivity contribution in [3.05, 3.63) is 40.0 Å². The molecule has 0 spiro atoms. The van der Waals surface area contributed by atoms with Gasteiger partial charge in [0, 0.05) is 15.8 Å². The number of hydrogen-bond donors (Lipinski definition) is 1. The van der Waals surface area contributed by atoms with E-state index < -0.39 is 0 Å². The van der Waals surface area contributed by atoms with Crippen molar-refractivity contribution < 1.29 is 4.79 Å². The topological polar surface area (TPSA) is 54.9 Å². The number of fused-ring (bicyclic) bond motifs is 1. The van der Waals surface area contributed by atoms with Gasteiger partial charge in [0.1, 0.15) is 5.03 Å². The van der Waals surface area contributed by atoms with Gasteiger partial charge in [0.25, 0.3) is 0 Å². The summed E-state index contributed by atoms with van der Waals surface area (Å²) >= 11 is 15.1. The average molecular weight is 358 g/mol. The number of anilines is 1. The number of aromatic nitrogens is 2. The lowest BCUT2D eigenvalue weighted by Crippen LogP contribution is -2.19. The second-order valence-electron chi connectivity index (χ2n) is 4.20. The zero-order chi connectivity index (χ0) is 14.8. The largest absolute Gasteiger partial charge is 0.322 e. The number of rotatable bonds is 3. The second-order valence-corrected chi connectivity index (χ2v) is 6.92. The highest BCUT2D eigenvalue weighted by atomic mass is 35.5. The number of thioether (sulfide) groups is 2. The molecule has 0 atom stereocenters. The molecule has 1 aromatic carbocycles. The van der Waals surface area contributed by atoms with Crippen LogP contribution in [-0.4, -0.2) is 21.6 Å². The van der Waals surface area contributed by atoms with Crippen molar-refractivity contribution in [1.29, 1.82) is 0 Å². The van der Waals surface area contributed by atoms with Gasteiger partial charge in [-0.2, -0.15) is 0 Å². The molecular formula is C13H9Cl2N3OS2. The first-order valence-electron chi connectivity index (χ1n) is 5.99. The highest BCUT2D eigenvalue weighted by Gasteiger charge is 2.18. The van der Waals surface area contributed by atoms with Crippen molar-refractivity contribution >= 4 is 58.3 Å². The van der Waals surface area contributed by atoms with Crippen LogP contribution in [0.3, 0.4) is 0 Å². The van der Waals surface area contributed by atoms with E-state index in [9.17, 15) is 4.79 Å². The molecule has 1 N–H and O–H groups in total. The van der Waals surface area contributed by atoms with Crippen molar-refractivity contribution in [1.82, 2.24) is 9.97 Å². The van der Waals surface area contributed by atoms with Crippen molar-refractivity contribution in [3.8, 4) is 0 Å². The minimum Gasteiger partial charge on any atom is -0.322 e. The third-order valence-corrected chi connectivity index (χ3v) is 5.34. The lowest BCUT2D eigenvalue weighted by molar-refractivity contribution is -0.113. The van der Waals surface area contributed by atoms with Crippen molar-refractivity contribution in [2.75, 3.05) is 11.1 Å². The number of carbonyl (C=O) groups is 1. The smallest absolute Gasteiger partial charge is 0.234 e. The number of amides is 1. The maximum Gasteiger partial charge on any atom is 0.234 e. The summed E-state index contributed by atoms with van der Waals surface area (Å²) in [4.78, 5) is 19.9. The summed E-state index contributed by atoms with van der Waals surface area (Å²) in [5.41, 5.74) is 1.53. The van der Waals surface area contributed by atoms with Crippen LogP contribution in [0.5, 0.6) is 0 Å². The van der Waals surface area contributed by atoms with Crippen LogP contribution in [0, 0.1) is 0 Å². The fourth-order valence-electron chi connectivity index (χ4n) is 1.74. The summed E-state index contributed by atoms with van der Waals surface area (Å²) in [7, 11) is 0. The van der Waals surface area contributed by atoms with Crippen LogP contribution >= 0.6 is 46.7 Å². The number of nitrogens with one attached hydrogen (secondary N) is 1. The molecule has 1 amide bonds. The predicted octanol–water partition coefficient (Wildman–Crippen LogP) is 4.12. The first-order chi connectivity index (χ1) is 10.1. The van der Waals surface area contributed by atoms with Gasteiger partial charge in [-0.3, -0.25) is 4.79 Å². The molecule has 8 heteroatoms. The van der Waals surface area contributed by atoms with Crippen molar-refractivity contribution in [3.63, 3.8) is 0 Å². The van der Waals surface area contributed by atoms with Crippen LogP contribution < -0.4 is 5.32 Å². The molecule has 0 bridgehead atoms. The van der Waals surface area contributed by atoms with Crippen LogP contribution in [0.4, 0.5) is 5.69 Å². The molecule has 0 saturated heterocycles. The minimum absolute atomic E-state index is 0.0284. The molecule has 2 heterocycles. The highest BCUT2D eigenvalue weighted by Crippen LogP contribution is 2.33. The molecule has 108 valence electrons. The molecule has 0 radical (unpaired) electrons. The molecule has 2 aromatic rings. The summed E-state index contributed by atoms with van der Waals surface area (Å²) in [5, 5.41) is 5.43.